The SMILES string of the molecule is N#Cc1ccc(NC(=O)CSc2nc3ccccc3c(=O)n2-c2ncn[nH]2)cc1. The molecule has 2 N–H and O–H groups in total. The Labute approximate surface area is 168 Å². The molecule has 0 radical (unpaired) electrons. The summed E-state index contributed by atoms with van der Waals surface area (Å²) >= 11 is 1.11. The van der Waals surface area contributed by atoms with Gasteiger partial charge in [0.15, 0.2) is 5.16 Å². The Kier molecular flexibility index (Phi) is 5.05. The topological polar surface area (TPSA) is 129 Å². The standard InChI is InChI=1S/C19H13N7O2S/c20-9-12-5-7-13(8-6-12)23-16(27)10-29-19-24-15-4-2-1-3-14(15)17(28)26(19)18-21-11-22-25-18/h1-8,11H,10H2,(H,23,27)(H,21,22,25). The van der Waals surface area contributed by atoms with Crippen LogP contribution in [-0.2, 0) is 4.79 Å². The van der Waals surface area contributed by atoms with Crippen LogP contribution >= 0.6 is 11.8 Å². The highest BCUT2D eigenvalue weighted by molar-refractivity contribution is 7.99. The average molecular weight is 403 g/mol. The van der Waals surface area contributed by atoms with Crippen molar-refractivity contribution in [2.75, 3.05) is 11.1 Å². The number of aromatic amines is 1. The molecule has 0 bridgehead atoms. The second-order valence-electron chi connectivity index (χ2n) is 5.89. The van der Waals surface area contributed by atoms with Gasteiger partial charge in [0.05, 0.1) is 28.3 Å². The van der Waals surface area contributed by atoms with Crippen LogP contribution in [0, 0.1) is 11.3 Å². The smallest absolute Gasteiger partial charge is 0.269 e. The molecule has 4 rings (SSSR count). The van der Waals surface area contributed by atoms with Crippen molar-refractivity contribution in [3.63, 3.8) is 0 Å². The molecule has 0 aliphatic carbocycles. The zero-order valence-corrected chi connectivity index (χ0v) is 15.7. The third-order valence-electron chi connectivity index (χ3n) is 3.99. The largest absolute Gasteiger partial charge is 0.325 e. The third kappa shape index (κ3) is 3.85. The summed E-state index contributed by atoms with van der Waals surface area (Å²) in [6.07, 6.45) is 1.29. The zero-order chi connectivity index (χ0) is 20.2. The van der Waals surface area contributed by atoms with E-state index in [2.05, 4.69) is 25.5 Å². The molecular weight excluding hydrogens is 390 g/mol. The van der Waals surface area contributed by atoms with Gasteiger partial charge < -0.3 is 5.32 Å². The van der Waals surface area contributed by atoms with Crippen LogP contribution in [0.5, 0.6) is 0 Å². The molecule has 0 saturated heterocycles. The van der Waals surface area contributed by atoms with Gasteiger partial charge in [-0.2, -0.15) is 15.3 Å². The summed E-state index contributed by atoms with van der Waals surface area (Å²) < 4.78 is 1.30. The fourth-order valence-electron chi connectivity index (χ4n) is 2.66. The summed E-state index contributed by atoms with van der Waals surface area (Å²) in [5.41, 5.74) is 1.31. The van der Waals surface area contributed by atoms with Crippen molar-refractivity contribution in [3.05, 3.63) is 70.8 Å². The third-order valence-corrected chi connectivity index (χ3v) is 4.93. The minimum atomic E-state index is -0.303. The van der Waals surface area contributed by atoms with Crippen molar-refractivity contribution in [2.45, 2.75) is 5.16 Å². The number of carbonyl (C=O) groups is 1. The fourth-order valence-corrected chi connectivity index (χ4v) is 3.45. The molecule has 1 amide bonds. The minimum absolute atomic E-state index is 0.0267. The summed E-state index contributed by atoms with van der Waals surface area (Å²) in [5.74, 6) is -0.0201. The molecule has 0 aliphatic rings. The predicted octanol–water partition coefficient (Wildman–Crippen LogP) is 2.11. The van der Waals surface area contributed by atoms with Gasteiger partial charge in [-0.25, -0.2) is 14.6 Å². The number of nitrogens with zero attached hydrogens (tertiary/aromatic N) is 5. The number of hydrogen-bond acceptors (Lipinski definition) is 7. The number of hydrogen-bond donors (Lipinski definition) is 2. The Morgan fingerprint density at radius 3 is 2.72 bits per heavy atom. The number of amides is 1. The summed E-state index contributed by atoms with van der Waals surface area (Å²) in [6, 6.07) is 15.5. The van der Waals surface area contributed by atoms with Crippen LogP contribution in [0.2, 0.25) is 0 Å². The van der Waals surface area contributed by atoms with Crippen molar-refractivity contribution < 1.29 is 4.79 Å². The van der Waals surface area contributed by atoms with Crippen LogP contribution in [0.4, 0.5) is 5.69 Å². The van der Waals surface area contributed by atoms with Crippen LogP contribution in [0.3, 0.4) is 0 Å². The highest BCUT2D eigenvalue weighted by Gasteiger charge is 2.16. The Morgan fingerprint density at radius 2 is 2.00 bits per heavy atom. The number of nitrogens with one attached hydrogen (secondary N) is 2. The maximum Gasteiger partial charge on any atom is 0.269 e. The second kappa shape index (κ2) is 7.95. The molecule has 2 heterocycles. The molecule has 2 aromatic heterocycles. The first kappa shape index (κ1) is 18.4. The van der Waals surface area contributed by atoms with Crippen molar-refractivity contribution in [1.82, 2.24) is 24.7 Å². The normalized spacial score (nSPS) is 10.6. The van der Waals surface area contributed by atoms with E-state index in [9.17, 15) is 9.59 Å². The Morgan fingerprint density at radius 1 is 1.21 bits per heavy atom. The van der Waals surface area contributed by atoms with Crippen LogP contribution in [0.15, 0.2) is 64.8 Å². The number of benzene rings is 2. The summed E-state index contributed by atoms with van der Waals surface area (Å²) in [7, 11) is 0. The van der Waals surface area contributed by atoms with Gasteiger partial charge >= 0.3 is 0 Å². The molecule has 0 fully saturated rings. The van der Waals surface area contributed by atoms with E-state index in [4.69, 9.17) is 5.26 Å². The van der Waals surface area contributed by atoms with Crippen LogP contribution in [-0.4, -0.2) is 36.4 Å². The van der Waals surface area contributed by atoms with E-state index < -0.39 is 0 Å². The summed E-state index contributed by atoms with van der Waals surface area (Å²) in [4.78, 5) is 33.8. The van der Waals surface area contributed by atoms with Crippen molar-refractivity contribution in [1.29, 1.82) is 5.26 Å². The Hall–Kier alpha value is -3.97. The van der Waals surface area contributed by atoms with Crippen molar-refractivity contribution in [2.24, 2.45) is 0 Å². The number of aromatic nitrogens is 5. The molecular formula is C19H13N7O2S. The predicted molar refractivity (Wildman–Crippen MR) is 108 cm³/mol. The molecule has 142 valence electrons. The van der Waals surface area contributed by atoms with Crippen LogP contribution in [0.1, 0.15) is 5.56 Å². The number of thioether (sulfide) groups is 1. The van der Waals surface area contributed by atoms with Crippen LogP contribution in [0.25, 0.3) is 16.9 Å². The van der Waals surface area contributed by atoms with Gasteiger partial charge in [-0.1, -0.05) is 23.9 Å². The molecule has 0 aliphatic heterocycles. The van der Waals surface area contributed by atoms with E-state index in [0.29, 0.717) is 27.3 Å². The lowest BCUT2D eigenvalue weighted by atomic mass is 10.2. The van der Waals surface area contributed by atoms with E-state index in [1.807, 2.05) is 6.07 Å². The molecule has 4 aromatic rings. The van der Waals surface area contributed by atoms with E-state index in [0.717, 1.165) is 11.8 Å². The Balaban J connectivity index is 1.60. The van der Waals surface area contributed by atoms with Gasteiger partial charge in [0.25, 0.3) is 5.56 Å². The lowest BCUT2D eigenvalue weighted by Crippen LogP contribution is -2.23. The minimum Gasteiger partial charge on any atom is -0.325 e. The maximum absolute atomic E-state index is 12.9. The molecule has 9 nitrogen and oxygen atoms in total. The van der Waals surface area contributed by atoms with Gasteiger partial charge in [-0.3, -0.25) is 9.59 Å². The first-order valence-electron chi connectivity index (χ1n) is 8.46. The molecule has 29 heavy (non-hydrogen) atoms. The zero-order valence-electron chi connectivity index (χ0n) is 14.9. The van der Waals surface area contributed by atoms with Gasteiger partial charge in [-0.05, 0) is 36.4 Å². The Bertz CT molecular complexity index is 1270. The fraction of sp³-hybridized carbons (Fsp3) is 0.0526. The number of anilines is 1. The summed E-state index contributed by atoms with van der Waals surface area (Å²) in [6.45, 7) is 0. The van der Waals surface area contributed by atoms with Crippen molar-refractivity contribution >= 4 is 34.3 Å². The monoisotopic (exact) mass is 403 g/mol. The maximum atomic E-state index is 12.9. The number of nitriles is 1. The molecule has 10 heteroatoms. The number of para-hydroxylation sites is 1. The molecule has 0 spiro atoms. The van der Waals surface area contributed by atoms with E-state index in [1.165, 1.54) is 10.9 Å². The van der Waals surface area contributed by atoms with E-state index >= 15 is 0 Å². The molecule has 0 atom stereocenters. The highest BCUT2D eigenvalue weighted by atomic mass is 32.2. The van der Waals surface area contributed by atoms with Gasteiger partial charge in [0.1, 0.15) is 6.33 Å². The van der Waals surface area contributed by atoms with Gasteiger partial charge in [0, 0.05) is 5.69 Å². The van der Waals surface area contributed by atoms with E-state index in [-0.39, 0.29) is 23.2 Å². The molecule has 0 saturated carbocycles. The lowest BCUT2D eigenvalue weighted by Gasteiger charge is -2.10. The lowest BCUT2D eigenvalue weighted by molar-refractivity contribution is -0.113. The van der Waals surface area contributed by atoms with Crippen LogP contribution < -0.4 is 10.9 Å². The average Bonchev–Trinajstić information content (AvgIpc) is 3.27. The van der Waals surface area contributed by atoms with E-state index in [1.54, 1.807) is 48.5 Å². The number of carbonyl (C=O) groups excluding carboxylic acids is 1. The first-order chi connectivity index (χ1) is 14.2. The summed E-state index contributed by atoms with van der Waals surface area (Å²) in [5, 5.41) is 18.8. The number of rotatable bonds is 5. The van der Waals surface area contributed by atoms with Crippen molar-refractivity contribution in [3.8, 4) is 12.0 Å². The molecule has 2 aromatic carbocycles. The molecule has 0 unspecified atom stereocenters. The van der Waals surface area contributed by atoms with Gasteiger partial charge in [-0.15, -0.1) is 0 Å². The second-order valence-corrected chi connectivity index (χ2v) is 6.83. The number of fused-ring (bicyclic) bond motifs is 1. The number of H-pyrrole nitrogens is 1. The van der Waals surface area contributed by atoms with Gasteiger partial charge in [0.2, 0.25) is 11.9 Å². The first-order valence-corrected chi connectivity index (χ1v) is 9.44. The highest BCUT2D eigenvalue weighted by Crippen LogP contribution is 2.20. The quantitative estimate of drug-likeness (QED) is 0.385.